The third-order valence-electron chi connectivity index (χ3n) is 6.76. The zero-order valence-electron chi connectivity index (χ0n) is 20.4. The molecule has 1 aliphatic carbocycles. The molecule has 3 aromatic rings. The number of para-hydroxylation sites is 1. The highest BCUT2D eigenvalue weighted by Crippen LogP contribution is 2.33. The molecule has 37 heavy (non-hydrogen) atoms. The number of nitrogens with zero attached hydrogens (tertiary/aromatic N) is 1. The Labute approximate surface area is 215 Å². The van der Waals surface area contributed by atoms with Crippen molar-refractivity contribution >= 4 is 11.6 Å². The summed E-state index contributed by atoms with van der Waals surface area (Å²) in [4.78, 5) is 23.2. The van der Waals surface area contributed by atoms with Gasteiger partial charge in [0, 0.05) is 30.6 Å². The number of amides is 1. The molecule has 0 saturated carbocycles. The number of nitro benzene ring substituents is 1. The molecule has 8 nitrogen and oxygen atoms in total. The van der Waals surface area contributed by atoms with Crippen LogP contribution in [0.25, 0.3) is 0 Å². The molecule has 0 spiro atoms. The van der Waals surface area contributed by atoms with Crippen molar-refractivity contribution in [2.75, 3.05) is 6.54 Å². The predicted octanol–water partition coefficient (Wildman–Crippen LogP) is 3.70. The molecule has 4 atom stereocenters. The van der Waals surface area contributed by atoms with Crippen LogP contribution in [-0.2, 0) is 12.8 Å². The molecule has 0 heterocycles. The van der Waals surface area contributed by atoms with Gasteiger partial charge in [0.25, 0.3) is 11.6 Å². The number of allylic oxidation sites excluding steroid dienone is 1. The van der Waals surface area contributed by atoms with Crippen molar-refractivity contribution in [2.24, 2.45) is 5.92 Å². The predicted molar refractivity (Wildman–Crippen MR) is 141 cm³/mol. The lowest BCUT2D eigenvalue weighted by Crippen LogP contribution is -2.36. The number of benzene rings is 3. The van der Waals surface area contributed by atoms with Gasteiger partial charge in [-0.3, -0.25) is 14.9 Å². The van der Waals surface area contributed by atoms with Crippen molar-refractivity contribution < 1.29 is 19.9 Å². The van der Waals surface area contributed by atoms with E-state index < -0.39 is 23.0 Å². The van der Waals surface area contributed by atoms with Crippen molar-refractivity contribution in [1.82, 2.24) is 10.6 Å². The number of hydrogen-bond acceptors (Lipinski definition) is 6. The first-order valence-corrected chi connectivity index (χ1v) is 12.3. The fourth-order valence-corrected chi connectivity index (χ4v) is 4.86. The van der Waals surface area contributed by atoms with E-state index in [1.165, 1.54) is 18.2 Å². The molecule has 0 bridgehead atoms. The van der Waals surface area contributed by atoms with Crippen LogP contribution < -0.4 is 10.6 Å². The van der Waals surface area contributed by atoms with E-state index in [1.54, 1.807) is 6.07 Å². The first kappa shape index (κ1) is 26.1. The van der Waals surface area contributed by atoms with Crippen molar-refractivity contribution in [3.05, 3.63) is 124 Å². The Bertz CT molecular complexity index is 1260. The molecule has 0 saturated heterocycles. The Morgan fingerprint density at radius 1 is 1.05 bits per heavy atom. The SMILES string of the molecule is C=C(N[C@H]1c2ccccc2C[C@H]1O)[C@H](Cc1ccccc1)C[C@H](O)CNC(=O)c1ccccc1[N+](=O)[O-]. The number of hydrogen-bond donors (Lipinski definition) is 4. The highest BCUT2D eigenvalue weighted by molar-refractivity contribution is 5.98. The van der Waals surface area contributed by atoms with Crippen LogP contribution in [0.2, 0.25) is 0 Å². The summed E-state index contributed by atoms with van der Waals surface area (Å²) >= 11 is 0. The maximum atomic E-state index is 12.6. The van der Waals surface area contributed by atoms with E-state index in [-0.39, 0.29) is 29.8 Å². The summed E-state index contributed by atoms with van der Waals surface area (Å²) in [6, 6.07) is 23.1. The second-order valence-corrected chi connectivity index (χ2v) is 9.38. The minimum atomic E-state index is -0.917. The lowest BCUT2D eigenvalue weighted by atomic mass is 9.90. The molecule has 0 aromatic heterocycles. The summed E-state index contributed by atoms with van der Waals surface area (Å²) < 4.78 is 0. The summed E-state index contributed by atoms with van der Waals surface area (Å²) in [6.07, 6.45) is -0.0449. The van der Waals surface area contributed by atoms with E-state index in [1.807, 2.05) is 54.6 Å². The van der Waals surface area contributed by atoms with Crippen molar-refractivity contribution in [1.29, 1.82) is 0 Å². The number of rotatable bonds is 11. The average molecular weight is 502 g/mol. The summed E-state index contributed by atoms with van der Waals surface area (Å²) in [5, 5.41) is 38.8. The number of nitrogens with one attached hydrogen (secondary N) is 2. The summed E-state index contributed by atoms with van der Waals surface area (Å²) in [5.41, 5.74) is 3.54. The largest absolute Gasteiger partial charge is 0.391 e. The third-order valence-corrected chi connectivity index (χ3v) is 6.76. The van der Waals surface area contributed by atoms with E-state index >= 15 is 0 Å². The standard InChI is InChI=1S/C29H31N3O5/c1-19(31-28-24-12-6-5-11-21(24)17-27(28)34)22(15-20-9-3-2-4-10-20)16-23(33)18-30-29(35)25-13-7-8-14-26(25)32(36)37/h2-14,22-23,27-28,31,33-34H,1,15-18H2,(H,30,35)/t22-,23+,27-,28+/m1/s1. The lowest BCUT2D eigenvalue weighted by molar-refractivity contribution is -0.385. The zero-order valence-corrected chi connectivity index (χ0v) is 20.4. The minimum absolute atomic E-state index is 0.0551. The third kappa shape index (κ3) is 6.41. The molecule has 0 fully saturated rings. The Hall–Kier alpha value is -4.01. The monoisotopic (exact) mass is 501 g/mol. The molecule has 1 aliphatic rings. The maximum Gasteiger partial charge on any atom is 0.282 e. The van der Waals surface area contributed by atoms with Crippen LogP contribution in [0.1, 0.15) is 39.5 Å². The second kappa shape index (κ2) is 11.8. The van der Waals surface area contributed by atoms with E-state index in [2.05, 4.69) is 17.2 Å². The van der Waals surface area contributed by atoms with Gasteiger partial charge < -0.3 is 20.8 Å². The van der Waals surface area contributed by atoms with Gasteiger partial charge >= 0.3 is 0 Å². The van der Waals surface area contributed by atoms with Gasteiger partial charge in [-0.2, -0.15) is 0 Å². The summed E-state index contributed by atoms with van der Waals surface area (Å²) in [5.74, 6) is -0.811. The van der Waals surface area contributed by atoms with Crippen LogP contribution in [0.15, 0.2) is 91.1 Å². The van der Waals surface area contributed by atoms with Crippen LogP contribution in [0.3, 0.4) is 0 Å². The van der Waals surface area contributed by atoms with Crippen LogP contribution >= 0.6 is 0 Å². The Morgan fingerprint density at radius 3 is 2.49 bits per heavy atom. The smallest absolute Gasteiger partial charge is 0.282 e. The quantitative estimate of drug-likeness (QED) is 0.235. The van der Waals surface area contributed by atoms with Crippen molar-refractivity contribution in [2.45, 2.75) is 37.5 Å². The molecule has 0 radical (unpaired) electrons. The number of nitro groups is 1. The van der Waals surface area contributed by atoms with Gasteiger partial charge in [-0.25, -0.2) is 0 Å². The molecule has 192 valence electrons. The second-order valence-electron chi connectivity index (χ2n) is 9.38. The molecule has 8 heteroatoms. The van der Waals surface area contributed by atoms with Gasteiger partial charge in [0.1, 0.15) is 5.56 Å². The van der Waals surface area contributed by atoms with Crippen LogP contribution in [0.4, 0.5) is 5.69 Å². The van der Waals surface area contributed by atoms with Gasteiger partial charge in [0.2, 0.25) is 0 Å². The number of carbonyl (C=O) groups excluding carboxylic acids is 1. The summed E-state index contributed by atoms with van der Waals surface area (Å²) in [6.45, 7) is 4.18. The Morgan fingerprint density at radius 2 is 1.73 bits per heavy atom. The molecule has 0 aliphatic heterocycles. The fourth-order valence-electron chi connectivity index (χ4n) is 4.86. The molecular weight excluding hydrogens is 470 g/mol. The molecular formula is C29H31N3O5. The maximum absolute atomic E-state index is 12.6. The van der Waals surface area contributed by atoms with Gasteiger partial charge in [0.15, 0.2) is 0 Å². The molecule has 3 aromatic carbocycles. The number of aliphatic hydroxyl groups excluding tert-OH is 2. The van der Waals surface area contributed by atoms with E-state index in [4.69, 9.17) is 0 Å². The molecule has 1 amide bonds. The van der Waals surface area contributed by atoms with Gasteiger partial charge in [-0.1, -0.05) is 73.3 Å². The first-order chi connectivity index (χ1) is 17.8. The Kier molecular flexibility index (Phi) is 8.32. The normalized spacial score (nSPS) is 17.9. The van der Waals surface area contributed by atoms with Gasteiger partial charge in [-0.15, -0.1) is 0 Å². The molecule has 4 N–H and O–H groups in total. The van der Waals surface area contributed by atoms with E-state index in [0.717, 1.165) is 16.7 Å². The Balaban J connectivity index is 1.43. The summed E-state index contributed by atoms with van der Waals surface area (Å²) in [7, 11) is 0. The lowest BCUT2D eigenvalue weighted by Gasteiger charge is -2.28. The number of fused-ring (bicyclic) bond motifs is 1. The fraction of sp³-hybridized carbons (Fsp3) is 0.276. The molecule has 4 rings (SSSR count). The van der Waals surface area contributed by atoms with Crippen LogP contribution in [-0.4, -0.2) is 39.8 Å². The minimum Gasteiger partial charge on any atom is -0.391 e. The number of carbonyl (C=O) groups is 1. The highest BCUT2D eigenvalue weighted by atomic mass is 16.6. The van der Waals surface area contributed by atoms with Crippen molar-refractivity contribution in [3.63, 3.8) is 0 Å². The zero-order chi connectivity index (χ0) is 26.4. The van der Waals surface area contributed by atoms with E-state index in [9.17, 15) is 25.1 Å². The van der Waals surface area contributed by atoms with Crippen LogP contribution in [0, 0.1) is 16.0 Å². The van der Waals surface area contributed by atoms with Crippen molar-refractivity contribution in [3.8, 4) is 0 Å². The highest BCUT2D eigenvalue weighted by Gasteiger charge is 2.32. The first-order valence-electron chi connectivity index (χ1n) is 12.3. The van der Waals surface area contributed by atoms with E-state index in [0.29, 0.717) is 25.0 Å². The van der Waals surface area contributed by atoms with Gasteiger partial charge in [0.05, 0.1) is 23.2 Å². The number of aliphatic hydroxyl groups is 2. The topological polar surface area (TPSA) is 125 Å². The molecule has 0 unspecified atom stereocenters. The van der Waals surface area contributed by atoms with Crippen LogP contribution in [0.5, 0.6) is 0 Å². The average Bonchev–Trinajstić information content (AvgIpc) is 3.22. The van der Waals surface area contributed by atoms with Gasteiger partial charge in [-0.05, 0) is 35.6 Å².